The second-order valence-corrected chi connectivity index (χ2v) is 6.95. The third kappa shape index (κ3) is 5.87. The van der Waals surface area contributed by atoms with Crippen molar-refractivity contribution in [2.75, 3.05) is 19.2 Å². The Morgan fingerprint density at radius 2 is 1.77 bits per heavy atom. The van der Waals surface area contributed by atoms with E-state index in [1.54, 1.807) is 6.20 Å². The molecule has 0 saturated carbocycles. The van der Waals surface area contributed by atoms with Gasteiger partial charge in [-0.2, -0.15) is 0 Å². The molecule has 0 atom stereocenters. The maximum absolute atomic E-state index is 10.8. The van der Waals surface area contributed by atoms with Crippen molar-refractivity contribution in [1.29, 1.82) is 0 Å². The average Bonchev–Trinajstić information content (AvgIpc) is 3.33. The zero-order valence-electron chi connectivity index (χ0n) is 19.3. The lowest BCUT2D eigenvalue weighted by Gasteiger charge is -2.06. The van der Waals surface area contributed by atoms with Gasteiger partial charge in [-0.3, -0.25) is 4.79 Å². The van der Waals surface area contributed by atoms with Crippen LogP contribution in [0.5, 0.6) is 11.5 Å². The fraction of sp³-hybridized carbons (Fsp3) is 0.435. The first kappa shape index (κ1) is 24.0. The van der Waals surface area contributed by atoms with Gasteiger partial charge >= 0.3 is 0 Å². The molecule has 4 rings (SSSR count). The number of primary amides is 1. The average molecular weight is 428 g/mol. The number of nitrogens with zero attached hydrogens (tertiary/aromatic N) is 3. The Hall–Kier alpha value is -3.29. The molecular weight excluding hydrogens is 394 g/mol. The fourth-order valence-corrected chi connectivity index (χ4v) is 3.19. The van der Waals surface area contributed by atoms with Gasteiger partial charge in [0.05, 0.1) is 5.52 Å². The van der Waals surface area contributed by atoms with Crippen LogP contribution < -0.4 is 20.5 Å². The number of carbonyl (C=O) groups is 1. The number of aromatic nitrogens is 3. The lowest BCUT2D eigenvalue weighted by molar-refractivity contribution is -0.118. The molecular formula is C23H33N5O3. The van der Waals surface area contributed by atoms with Gasteiger partial charge in [0, 0.05) is 26.2 Å². The minimum atomic E-state index is -0.269. The van der Waals surface area contributed by atoms with Crippen molar-refractivity contribution in [2.45, 2.75) is 54.0 Å². The topological polar surface area (TPSA) is 104 Å². The van der Waals surface area contributed by atoms with E-state index in [-0.39, 0.29) is 5.91 Å². The summed E-state index contributed by atoms with van der Waals surface area (Å²) in [6.07, 6.45) is 2.86. The molecule has 0 fully saturated rings. The van der Waals surface area contributed by atoms with Gasteiger partial charge in [0.2, 0.25) is 12.7 Å². The van der Waals surface area contributed by atoms with Gasteiger partial charge in [0.25, 0.3) is 0 Å². The maximum atomic E-state index is 10.8. The van der Waals surface area contributed by atoms with Crippen molar-refractivity contribution in [2.24, 2.45) is 5.73 Å². The van der Waals surface area contributed by atoms with Crippen LogP contribution in [0.4, 0.5) is 5.82 Å². The summed E-state index contributed by atoms with van der Waals surface area (Å²) in [5, 5.41) is 3.02. The van der Waals surface area contributed by atoms with Gasteiger partial charge < -0.3 is 25.1 Å². The Morgan fingerprint density at radius 1 is 1.16 bits per heavy atom. The molecule has 168 valence electrons. The summed E-state index contributed by atoms with van der Waals surface area (Å²) in [5.74, 6) is 3.15. The number of nitrogens with two attached hydrogens (primary N) is 1. The fourth-order valence-electron chi connectivity index (χ4n) is 3.19. The number of nitrogens with one attached hydrogen (secondary N) is 1. The third-order valence-corrected chi connectivity index (χ3v) is 4.89. The van der Waals surface area contributed by atoms with Gasteiger partial charge in [-0.05, 0) is 56.5 Å². The van der Waals surface area contributed by atoms with E-state index in [0.29, 0.717) is 13.2 Å². The molecule has 1 aromatic carbocycles. The normalized spacial score (nSPS) is 11.3. The molecule has 3 N–H and O–H groups in total. The van der Waals surface area contributed by atoms with E-state index >= 15 is 0 Å². The molecule has 0 aliphatic carbocycles. The summed E-state index contributed by atoms with van der Waals surface area (Å²) in [6, 6.07) is 5.95. The predicted molar refractivity (Wildman–Crippen MR) is 124 cm³/mol. The first-order valence-electron chi connectivity index (χ1n) is 10.6. The second kappa shape index (κ2) is 11.2. The lowest BCUT2D eigenvalue weighted by Crippen LogP contribution is -2.11. The molecule has 2 aromatic heterocycles. The van der Waals surface area contributed by atoms with Crippen LogP contribution >= 0.6 is 0 Å². The summed E-state index contributed by atoms with van der Waals surface area (Å²) in [4.78, 5) is 19.5. The molecule has 31 heavy (non-hydrogen) atoms. The molecule has 0 spiro atoms. The van der Waals surface area contributed by atoms with E-state index in [1.165, 1.54) is 11.1 Å². The quantitative estimate of drug-likeness (QED) is 0.635. The Kier molecular flexibility index (Phi) is 8.66. The molecule has 0 saturated heterocycles. The summed E-state index contributed by atoms with van der Waals surface area (Å²) < 4.78 is 12.5. The number of amides is 1. The number of imidazole rings is 1. The predicted octanol–water partition coefficient (Wildman–Crippen LogP) is 4.11. The molecule has 8 heteroatoms. The van der Waals surface area contributed by atoms with E-state index in [0.717, 1.165) is 47.1 Å². The number of anilines is 1. The van der Waals surface area contributed by atoms with Crippen LogP contribution in [0, 0.1) is 20.8 Å². The minimum Gasteiger partial charge on any atom is -0.454 e. The molecule has 1 aliphatic heterocycles. The highest BCUT2D eigenvalue weighted by Gasteiger charge is 2.13. The number of hydrogen-bond acceptors (Lipinski definition) is 6. The van der Waals surface area contributed by atoms with Crippen LogP contribution in [0.25, 0.3) is 11.0 Å². The van der Waals surface area contributed by atoms with Crippen LogP contribution in [0.2, 0.25) is 0 Å². The standard InChI is InChI=1S/C12H17N5O.C9H10O2.C2H6/c1-8-16-11-9(5-6-15-12(11)14-2)17(8)7-3-4-10(13)18;1-6-3-8-9(4-7(6)2)11-5-10-8;1-2/h5-6H,3-4,7H2,1-2H3,(H2,13,18)(H,14,15);3-4H,5H2,1-2H3;1-2H3. The largest absolute Gasteiger partial charge is 0.454 e. The minimum absolute atomic E-state index is 0.269. The number of hydrogen-bond donors (Lipinski definition) is 2. The molecule has 8 nitrogen and oxygen atoms in total. The van der Waals surface area contributed by atoms with Gasteiger partial charge in [-0.1, -0.05) is 13.8 Å². The van der Waals surface area contributed by atoms with Gasteiger partial charge in [0.1, 0.15) is 11.3 Å². The summed E-state index contributed by atoms with van der Waals surface area (Å²) >= 11 is 0. The lowest BCUT2D eigenvalue weighted by atomic mass is 10.1. The molecule has 0 radical (unpaired) electrons. The van der Waals surface area contributed by atoms with E-state index in [1.807, 2.05) is 46.0 Å². The number of ether oxygens (including phenoxy) is 2. The van der Waals surface area contributed by atoms with Crippen LogP contribution in [0.3, 0.4) is 0 Å². The zero-order valence-corrected chi connectivity index (χ0v) is 19.3. The Bertz CT molecular complexity index is 1000. The number of fused-ring (bicyclic) bond motifs is 2. The highest BCUT2D eigenvalue weighted by atomic mass is 16.7. The first-order valence-corrected chi connectivity index (χ1v) is 10.6. The van der Waals surface area contributed by atoms with Crippen molar-refractivity contribution in [3.05, 3.63) is 41.3 Å². The van der Waals surface area contributed by atoms with Crippen molar-refractivity contribution < 1.29 is 14.3 Å². The number of rotatable bonds is 5. The molecule has 3 aromatic rings. The number of benzene rings is 1. The number of aryl methyl sites for hydroxylation is 4. The zero-order chi connectivity index (χ0) is 23.0. The van der Waals surface area contributed by atoms with E-state index in [2.05, 4.69) is 33.7 Å². The summed E-state index contributed by atoms with van der Waals surface area (Å²) in [7, 11) is 1.82. The summed E-state index contributed by atoms with van der Waals surface area (Å²) in [6.45, 7) is 11.2. The monoisotopic (exact) mass is 427 g/mol. The number of carbonyl (C=O) groups excluding carboxylic acids is 1. The molecule has 3 heterocycles. The van der Waals surface area contributed by atoms with Crippen LogP contribution in [-0.4, -0.2) is 34.3 Å². The summed E-state index contributed by atoms with van der Waals surface area (Å²) in [5.41, 5.74) is 9.52. The van der Waals surface area contributed by atoms with E-state index in [4.69, 9.17) is 15.2 Å². The van der Waals surface area contributed by atoms with Crippen molar-refractivity contribution >= 4 is 22.8 Å². The van der Waals surface area contributed by atoms with Crippen molar-refractivity contribution in [3.8, 4) is 11.5 Å². The smallest absolute Gasteiger partial charge is 0.231 e. The molecule has 0 bridgehead atoms. The first-order chi connectivity index (χ1) is 14.9. The highest BCUT2D eigenvalue weighted by Crippen LogP contribution is 2.34. The highest BCUT2D eigenvalue weighted by molar-refractivity contribution is 5.86. The maximum Gasteiger partial charge on any atom is 0.231 e. The molecule has 1 amide bonds. The molecule has 1 aliphatic rings. The molecule has 0 unspecified atom stereocenters. The van der Waals surface area contributed by atoms with Crippen molar-refractivity contribution in [3.63, 3.8) is 0 Å². The SMILES string of the molecule is CC.CNc1nccc2c1nc(C)n2CCCC(N)=O.Cc1cc2c(cc1C)OCO2. The Labute approximate surface area is 183 Å². The van der Waals surface area contributed by atoms with Gasteiger partial charge in [-0.15, -0.1) is 0 Å². The Balaban J connectivity index is 0.000000224. The van der Waals surface area contributed by atoms with Crippen LogP contribution in [0.1, 0.15) is 43.6 Å². The second-order valence-electron chi connectivity index (χ2n) is 6.95. The van der Waals surface area contributed by atoms with E-state index in [9.17, 15) is 4.79 Å². The van der Waals surface area contributed by atoms with Crippen LogP contribution in [0.15, 0.2) is 24.4 Å². The van der Waals surface area contributed by atoms with Gasteiger partial charge in [-0.25, -0.2) is 9.97 Å². The third-order valence-electron chi connectivity index (χ3n) is 4.89. The van der Waals surface area contributed by atoms with Gasteiger partial charge in [0.15, 0.2) is 17.3 Å². The Morgan fingerprint density at radius 3 is 2.32 bits per heavy atom. The number of pyridine rings is 1. The van der Waals surface area contributed by atoms with Crippen molar-refractivity contribution in [1.82, 2.24) is 14.5 Å². The van der Waals surface area contributed by atoms with Crippen LogP contribution in [-0.2, 0) is 11.3 Å². The van der Waals surface area contributed by atoms with E-state index < -0.39 is 0 Å².